The van der Waals surface area contributed by atoms with Crippen molar-refractivity contribution in [2.45, 2.75) is 25.2 Å². The molecule has 0 radical (unpaired) electrons. The molecule has 0 N–H and O–H groups in total. The zero-order valence-corrected chi connectivity index (χ0v) is 15.3. The van der Waals surface area contributed by atoms with Crippen LogP contribution in [0, 0.1) is 0 Å². The number of carbonyl (C=O) groups excluding carboxylic acids is 1. The smallest absolute Gasteiger partial charge is 0.298 e. The highest BCUT2D eigenvalue weighted by atomic mass is 16.4. The molecule has 1 aliphatic carbocycles. The maximum absolute atomic E-state index is 12.7. The van der Waals surface area contributed by atoms with E-state index in [2.05, 4.69) is 34.1 Å². The lowest BCUT2D eigenvalue weighted by Gasteiger charge is -2.33. The maximum Gasteiger partial charge on any atom is 0.298 e. The molecular weight excluding hydrogens is 338 g/mol. The van der Waals surface area contributed by atoms with Gasteiger partial charge in [-0.3, -0.25) is 4.79 Å². The molecule has 2 fully saturated rings. The molecule has 5 nitrogen and oxygen atoms in total. The fourth-order valence-corrected chi connectivity index (χ4v) is 3.75. The molecule has 3 aromatic rings. The van der Waals surface area contributed by atoms with Gasteiger partial charge in [0, 0.05) is 26.2 Å². The Morgan fingerprint density at radius 1 is 1.00 bits per heavy atom. The van der Waals surface area contributed by atoms with Crippen LogP contribution in [-0.2, 0) is 11.2 Å². The molecule has 5 heteroatoms. The zero-order valence-electron chi connectivity index (χ0n) is 15.3. The van der Waals surface area contributed by atoms with E-state index in [9.17, 15) is 4.79 Å². The van der Waals surface area contributed by atoms with Gasteiger partial charge in [-0.2, -0.15) is 4.98 Å². The average Bonchev–Trinajstić information content (AvgIpc) is 3.47. The SMILES string of the molecule is O=C(Cc1ccc(C2CC2)cc1)N1CCN(c2nc3ccccc3o2)CC1. The number of aromatic nitrogens is 1. The minimum Gasteiger partial charge on any atom is -0.423 e. The number of piperazine rings is 1. The summed E-state index contributed by atoms with van der Waals surface area (Å²) in [6.07, 6.45) is 3.10. The number of fused-ring (bicyclic) bond motifs is 1. The molecule has 1 saturated carbocycles. The van der Waals surface area contributed by atoms with Crippen LogP contribution in [0.1, 0.15) is 29.9 Å². The topological polar surface area (TPSA) is 49.6 Å². The van der Waals surface area contributed by atoms with Crippen molar-refractivity contribution in [3.63, 3.8) is 0 Å². The number of hydrogen-bond acceptors (Lipinski definition) is 4. The van der Waals surface area contributed by atoms with Gasteiger partial charge in [0.05, 0.1) is 6.42 Å². The van der Waals surface area contributed by atoms with E-state index in [1.165, 1.54) is 18.4 Å². The van der Waals surface area contributed by atoms with Crippen LogP contribution in [0.2, 0.25) is 0 Å². The minimum atomic E-state index is 0.200. The number of anilines is 1. The first-order valence-electron chi connectivity index (χ1n) is 9.73. The highest BCUT2D eigenvalue weighted by molar-refractivity contribution is 5.79. The summed E-state index contributed by atoms with van der Waals surface area (Å²) in [4.78, 5) is 21.3. The van der Waals surface area contributed by atoms with Crippen molar-refractivity contribution >= 4 is 23.0 Å². The Bertz CT molecular complexity index is 918. The van der Waals surface area contributed by atoms with Crippen LogP contribution >= 0.6 is 0 Å². The molecule has 1 aliphatic heterocycles. The second-order valence-electron chi connectivity index (χ2n) is 7.52. The fraction of sp³-hybridized carbons (Fsp3) is 0.364. The number of oxazole rings is 1. The lowest BCUT2D eigenvalue weighted by molar-refractivity contribution is -0.130. The predicted molar refractivity (Wildman–Crippen MR) is 105 cm³/mol. The van der Waals surface area contributed by atoms with Gasteiger partial charge in [0.25, 0.3) is 6.01 Å². The summed E-state index contributed by atoms with van der Waals surface area (Å²) in [6, 6.07) is 17.0. The van der Waals surface area contributed by atoms with E-state index in [0.717, 1.165) is 35.7 Å². The van der Waals surface area contributed by atoms with Gasteiger partial charge in [-0.25, -0.2) is 0 Å². The number of carbonyl (C=O) groups is 1. The van der Waals surface area contributed by atoms with Gasteiger partial charge in [-0.05, 0) is 42.0 Å². The standard InChI is InChI=1S/C22H23N3O2/c26-21(15-16-5-7-17(8-6-16)18-9-10-18)24-11-13-25(14-12-24)22-23-19-3-1-2-4-20(19)27-22/h1-8,18H,9-15H2. The van der Waals surface area contributed by atoms with Crippen LogP contribution in [0.5, 0.6) is 0 Å². The fourth-order valence-electron chi connectivity index (χ4n) is 3.75. The monoisotopic (exact) mass is 361 g/mol. The van der Waals surface area contributed by atoms with Gasteiger partial charge < -0.3 is 14.2 Å². The quantitative estimate of drug-likeness (QED) is 0.712. The molecule has 1 amide bonds. The number of rotatable bonds is 4. The molecule has 1 aromatic heterocycles. The predicted octanol–water partition coefficient (Wildman–Crippen LogP) is 3.60. The van der Waals surface area contributed by atoms with Crippen molar-refractivity contribution < 1.29 is 9.21 Å². The van der Waals surface area contributed by atoms with Gasteiger partial charge in [0.1, 0.15) is 5.52 Å². The molecule has 0 bridgehead atoms. The summed E-state index contributed by atoms with van der Waals surface area (Å²) >= 11 is 0. The average molecular weight is 361 g/mol. The Morgan fingerprint density at radius 3 is 2.44 bits per heavy atom. The lowest BCUT2D eigenvalue weighted by atomic mass is 10.1. The van der Waals surface area contributed by atoms with E-state index in [4.69, 9.17) is 4.42 Å². The maximum atomic E-state index is 12.7. The second-order valence-corrected chi connectivity index (χ2v) is 7.52. The lowest BCUT2D eigenvalue weighted by Crippen LogP contribution is -2.49. The summed E-state index contributed by atoms with van der Waals surface area (Å²) in [5.41, 5.74) is 4.20. The Labute approximate surface area is 158 Å². The third-order valence-corrected chi connectivity index (χ3v) is 5.57. The highest BCUT2D eigenvalue weighted by Crippen LogP contribution is 2.39. The molecule has 0 spiro atoms. The van der Waals surface area contributed by atoms with Gasteiger partial charge in [-0.15, -0.1) is 0 Å². The van der Waals surface area contributed by atoms with E-state index < -0.39 is 0 Å². The molecule has 5 rings (SSSR count). The normalized spacial score (nSPS) is 17.5. The number of amides is 1. The van der Waals surface area contributed by atoms with Gasteiger partial charge in [-0.1, -0.05) is 36.4 Å². The first kappa shape index (κ1) is 16.4. The zero-order chi connectivity index (χ0) is 18.2. The van der Waals surface area contributed by atoms with Crippen molar-refractivity contribution in [2.24, 2.45) is 0 Å². The Kier molecular flexibility index (Phi) is 4.07. The van der Waals surface area contributed by atoms with E-state index in [-0.39, 0.29) is 5.91 Å². The van der Waals surface area contributed by atoms with Gasteiger partial charge in [0.2, 0.25) is 5.91 Å². The van der Waals surface area contributed by atoms with Gasteiger partial charge >= 0.3 is 0 Å². The Balaban J connectivity index is 1.18. The highest BCUT2D eigenvalue weighted by Gasteiger charge is 2.25. The largest absolute Gasteiger partial charge is 0.423 e. The van der Waals surface area contributed by atoms with E-state index >= 15 is 0 Å². The van der Waals surface area contributed by atoms with Crippen molar-refractivity contribution in [3.8, 4) is 0 Å². The van der Waals surface area contributed by atoms with E-state index in [1.54, 1.807) is 0 Å². The van der Waals surface area contributed by atoms with Crippen molar-refractivity contribution in [1.82, 2.24) is 9.88 Å². The molecule has 2 aromatic carbocycles. The number of nitrogens with zero attached hydrogens (tertiary/aromatic N) is 3. The van der Waals surface area contributed by atoms with Crippen LogP contribution < -0.4 is 4.90 Å². The molecule has 2 aliphatic rings. The second kappa shape index (κ2) is 6.72. The first-order chi connectivity index (χ1) is 13.3. The Morgan fingerprint density at radius 2 is 1.74 bits per heavy atom. The van der Waals surface area contributed by atoms with E-state index in [1.807, 2.05) is 29.2 Å². The summed E-state index contributed by atoms with van der Waals surface area (Å²) in [6.45, 7) is 2.91. The molecule has 2 heterocycles. The molecule has 27 heavy (non-hydrogen) atoms. The summed E-state index contributed by atoms with van der Waals surface area (Å²) < 4.78 is 5.85. The van der Waals surface area contributed by atoms with Crippen molar-refractivity contribution in [2.75, 3.05) is 31.1 Å². The molecule has 0 unspecified atom stereocenters. The molecule has 138 valence electrons. The summed E-state index contributed by atoms with van der Waals surface area (Å²) in [5.74, 6) is 0.959. The van der Waals surface area contributed by atoms with Crippen LogP contribution in [0.4, 0.5) is 6.01 Å². The molecular formula is C22H23N3O2. The van der Waals surface area contributed by atoms with Crippen LogP contribution in [0.25, 0.3) is 11.1 Å². The third kappa shape index (κ3) is 3.42. The Hall–Kier alpha value is -2.82. The number of benzene rings is 2. The number of hydrogen-bond donors (Lipinski definition) is 0. The van der Waals surface area contributed by atoms with Crippen molar-refractivity contribution in [3.05, 3.63) is 59.7 Å². The van der Waals surface area contributed by atoms with Crippen LogP contribution in [0.3, 0.4) is 0 Å². The van der Waals surface area contributed by atoms with Crippen LogP contribution in [-0.4, -0.2) is 42.0 Å². The third-order valence-electron chi connectivity index (χ3n) is 5.57. The first-order valence-corrected chi connectivity index (χ1v) is 9.73. The summed E-state index contributed by atoms with van der Waals surface area (Å²) in [7, 11) is 0. The molecule has 0 atom stereocenters. The minimum absolute atomic E-state index is 0.200. The molecule has 1 saturated heterocycles. The summed E-state index contributed by atoms with van der Waals surface area (Å²) in [5, 5.41) is 0. The van der Waals surface area contributed by atoms with Crippen LogP contribution in [0.15, 0.2) is 52.9 Å². The van der Waals surface area contributed by atoms with Crippen molar-refractivity contribution in [1.29, 1.82) is 0 Å². The number of para-hydroxylation sites is 2. The van der Waals surface area contributed by atoms with Gasteiger partial charge in [0.15, 0.2) is 5.58 Å². The van der Waals surface area contributed by atoms with E-state index in [0.29, 0.717) is 25.5 Å².